The summed E-state index contributed by atoms with van der Waals surface area (Å²) in [5.41, 5.74) is 1.22. The van der Waals surface area contributed by atoms with Gasteiger partial charge in [-0.3, -0.25) is 0 Å². The fourth-order valence-electron chi connectivity index (χ4n) is 1.58. The topological polar surface area (TPSA) is 21.7 Å². The van der Waals surface area contributed by atoms with Crippen molar-refractivity contribution < 1.29 is 9.47 Å². The van der Waals surface area contributed by atoms with Gasteiger partial charge in [-0.1, -0.05) is 0 Å². The van der Waals surface area contributed by atoms with E-state index in [1.807, 2.05) is 6.07 Å². The molecule has 0 radical (unpaired) electrons. The van der Waals surface area contributed by atoms with Crippen molar-refractivity contribution in [3.05, 3.63) is 21.3 Å². The molecule has 0 aliphatic heterocycles. The Morgan fingerprint density at radius 1 is 1.18 bits per heavy atom. The van der Waals surface area contributed by atoms with Crippen molar-refractivity contribution >= 4 is 22.6 Å². The van der Waals surface area contributed by atoms with Gasteiger partial charge >= 0.3 is 0 Å². The highest BCUT2D eigenvalue weighted by atomic mass is 122. The van der Waals surface area contributed by atoms with E-state index in [1.165, 1.54) is 5.56 Å². The fourth-order valence-corrected chi connectivity index (χ4v) is 2.33. The first kappa shape index (κ1) is 14.6. The first-order chi connectivity index (χ1) is 7.99. The maximum Gasteiger partial charge on any atom is 0.135 e. The summed E-state index contributed by atoms with van der Waals surface area (Å²) in [6, 6.07) is 4.57. The Labute approximate surface area is 117 Å². The standard InChI is InChI=1S/C13H20INO2/c1-9(15(2)3)6-10-7-11(14)13(17-5)8-12(10)16-4/h7-9H,6H2,1-5H3/i14-5. The first-order valence-electron chi connectivity index (χ1n) is 5.56. The van der Waals surface area contributed by atoms with Gasteiger partial charge in [-0.15, -0.1) is 0 Å². The van der Waals surface area contributed by atoms with E-state index in [2.05, 4.69) is 54.6 Å². The Bertz CT molecular complexity index is 380. The van der Waals surface area contributed by atoms with Crippen molar-refractivity contribution in [3.63, 3.8) is 0 Å². The summed E-state index contributed by atoms with van der Waals surface area (Å²) in [6.45, 7) is 2.20. The number of rotatable bonds is 5. The van der Waals surface area contributed by atoms with Gasteiger partial charge in [-0.25, -0.2) is 0 Å². The predicted molar refractivity (Wildman–Crippen MR) is 79.1 cm³/mol. The van der Waals surface area contributed by atoms with Crippen LogP contribution in [0.4, 0.5) is 0 Å². The van der Waals surface area contributed by atoms with Crippen LogP contribution in [0.1, 0.15) is 12.5 Å². The van der Waals surface area contributed by atoms with Crippen LogP contribution in [0.15, 0.2) is 12.1 Å². The van der Waals surface area contributed by atoms with Gasteiger partial charge < -0.3 is 14.4 Å². The quantitative estimate of drug-likeness (QED) is 0.767. The van der Waals surface area contributed by atoms with Gasteiger partial charge in [0.2, 0.25) is 0 Å². The van der Waals surface area contributed by atoms with Crippen LogP contribution < -0.4 is 9.47 Å². The summed E-state index contributed by atoms with van der Waals surface area (Å²) in [5.74, 6) is 1.76. The molecule has 1 aromatic rings. The third kappa shape index (κ3) is 3.74. The zero-order chi connectivity index (χ0) is 13.0. The average Bonchev–Trinajstić information content (AvgIpc) is 2.29. The van der Waals surface area contributed by atoms with Gasteiger partial charge in [0.1, 0.15) is 11.5 Å². The molecule has 4 heteroatoms. The molecule has 0 aliphatic carbocycles. The number of hydrogen-bond acceptors (Lipinski definition) is 3. The van der Waals surface area contributed by atoms with E-state index in [4.69, 9.17) is 9.47 Å². The molecule has 0 spiro atoms. The summed E-state index contributed by atoms with van der Waals surface area (Å²) in [6.07, 6.45) is 0.968. The molecule has 1 atom stereocenters. The Morgan fingerprint density at radius 3 is 2.24 bits per heavy atom. The van der Waals surface area contributed by atoms with E-state index in [1.54, 1.807) is 14.2 Å². The third-order valence-electron chi connectivity index (χ3n) is 2.95. The number of ether oxygens (including phenoxy) is 2. The maximum atomic E-state index is 5.42. The van der Waals surface area contributed by atoms with Crippen molar-refractivity contribution in [1.29, 1.82) is 0 Å². The van der Waals surface area contributed by atoms with E-state index in [0.29, 0.717) is 6.04 Å². The van der Waals surface area contributed by atoms with E-state index < -0.39 is 0 Å². The Hall–Kier alpha value is -0.490. The molecular formula is C13H20INO2. The van der Waals surface area contributed by atoms with Crippen molar-refractivity contribution in [1.82, 2.24) is 4.90 Å². The monoisotopic (exact) mass is 344 g/mol. The SMILES string of the molecule is COc1cc(OC)c(CC(C)N(C)C)cc1[122I]. The van der Waals surface area contributed by atoms with Gasteiger partial charge in [0.05, 0.1) is 17.8 Å². The summed E-state index contributed by atoms with van der Waals surface area (Å²) >= 11 is 2.29. The lowest BCUT2D eigenvalue weighted by Gasteiger charge is -2.21. The summed E-state index contributed by atoms with van der Waals surface area (Å²) in [5, 5.41) is 0. The van der Waals surface area contributed by atoms with Crippen LogP contribution in [0, 0.1) is 3.57 Å². The van der Waals surface area contributed by atoms with Gasteiger partial charge in [-0.05, 0) is 61.7 Å². The highest BCUT2D eigenvalue weighted by Gasteiger charge is 2.13. The summed E-state index contributed by atoms with van der Waals surface area (Å²) < 4.78 is 11.8. The first-order valence-corrected chi connectivity index (χ1v) is 6.64. The molecule has 0 amide bonds. The van der Waals surface area contributed by atoms with Gasteiger partial charge in [0.15, 0.2) is 0 Å². The molecule has 0 fully saturated rings. The average molecular weight is 344 g/mol. The van der Waals surface area contributed by atoms with Crippen molar-refractivity contribution in [2.45, 2.75) is 19.4 Å². The van der Waals surface area contributed by atoms with E-state index in [-0.39, 0.29) is 0 Å². The molecular weight excluding hydrogens is 324 g/mol. The van der Waals surface area contributed by atoms with Gasteiger partial charge in [-0.2, -0.15) is 0 Å². The molecule has 0 N–H and O–H groups in total. The summed E-state index contributed by atoms with van der Waals surface area (Å²) in [7, 11) is 7.56. The normalized spacial score (nSPS) is 12.6. The van der Waals surface area contributed by atoms with Gasteiger partial charge in [0, 0.05) is 12.1 Å². The molecule has 1 rings (SSSR count). The molecule has 0 heterocycles. The fraction of sp³-hybridized carbons (Fsp3) is 0.538. The largest absolute Gasteiger partial charge is 0.496 e. The minimum absolute atomic E-state index is 0.480. The minimum Gasteiger partial charge on any atom is -0.496 e. The molecule has 1 aromatic carbocycles. The molecule has 0 bridgehead atoms. The molecule has 17 heavy (non-hydrogen) atoms. The lowest BCUT2D eigenvalue weighted by atomic mass is 10.1. The number of benzene rings is 1. The highest BCUT2D eigenvalue weighted by molar-refractivity contribution is 14.1. The molecule has 96 valence electrons. The van der Waals surface area contributed by atoms with Gasteiger partial charge in [0.25, 0.3) is 0 Å². The minimum atomic E-state index is 0.480. The zero-order valence-electron chi connectivity index (χ0n) is 11.1. The number of likely N-dealkylation sites (N-methyl/N-ethyl adjacent to an activating group) is 1. The number of methoxy groups -OCH3 is 2. The van der Waals surface area contributed by atoms with Crippen LogP contribution >= 0.6 is 22.6 Å². The second kappa shape index (κ2) is 6.44. The molecule has 0 saturated heterocycles. The maximum absolute atomic E-state index is 5.42. The Balaban J connectivity index is 3.02. The van der Waals surface area contributed by atoms with Crippen LogP contribution in [-0.4, -0.2) is 39.3 Å². The lowest BCUT2D eigenvalue weighted by Crippen LogP contribution is -2.26. The molecule has 0 saturated carbocycles. The number of nitrogens with zero attached hydrogens (tertiary/aromatic N) is 1. The van der Waals surface area contributed by atoms with Crippen LogP contribution in [0.2, 0.25) is 0 Å². The van der Waals surface area contributed by atoms with Crippen LogP contribution in [-0.2, 0) is 6.42 Å². The lowest BCUT2D eigenvalue weighted by molar-refractivity contribution is 0.308. The number of halogens is 1. The molecule has 3 nitrogen and oxygen atoms in total. The molecule has 1 unspecified atom stereocenters. The van der Waals surface area contributed by atoms with E-state index in [0.717, 1.165) is 21.5 Å². The van der Waals surface area contributed by atoms with Crippen molar-refractivity contribution in [2.24, 2.45) is 0 Å². The predicted octanol–water partition coefficient (Wildman–Crippen LogP) is 2.80. The number of hydrogen-bond donors (Lipinski definition) is 0. The molecule has 0 aromatic heterocycles. The Kier molecular flexibility index (Phi) is 5.52. The van der Waals surface area contributed by atoms with Crippen LogP contribution in [0.25, 0.3) is 0 Å². The highest BCUT2D eigenvalue weighted by Crippen LogP contribution is 2.31. The van der Waals surface area contributed by atoms with E-state index >= 15 is 0 Å². The second-order valence-electron chi connectivity index (χ2n) is 4.32. The zero-order valence-corrected chi connectivity index (χ0v) is 13.2. The third-order valence-corrected chi connectivity index (χ3v) is 3.79. The smallest absolute Gasteiger partial charge is 0.135 e. The van der Waals surface area contributed by atoms with E-state index in [9.17, 15) is 0 Å². The van der Waals surface area contributed by atoms with Crippen LogP contribution in [0.5, 0.6) is 11.5 Å². The second-order valence-corrected chi connectivity index (χ2v) is 5.48. The van der Waals surface area contributed by atoms with Crippen molar-refractivity contribution in [2.75, 3.05) is 28.3 Å². The molecule has 0 aliphatic rings. The van der Waals surface area contributed by atoms with Crippen LogP contribution in [0.3, 0.4) is 0 Å². The Morgan fingerprint density at radius 2 is 1.76 bits per heavy atom. The van der Waals surface area contributed by atoms with Crippen molar-refractivity contribution in [3.8, 4) is 11.5 Å². The summed E-state index contributed by atoms with van der Waals surface area (Å²) in [4.78, 5) is 2.20.